The van der Waals surface area contributed by atoms with Crippen molar-refractivity contribution in [2.75, 3.05) is 0 Å². The smallest absolute Gasteiger partial charge is 0.246 e. The van der Waals surface area contributed by atoms with E-state index < -0.39 is 0 Å². The van der Waals surface area contributed by atoms with Gasteiger partial charge in [0.2, 0.25) is 5.91 Å². The molecule has 2 heterocycles. The Morgan fingerprint density at radius 1 is 1.35 bits per heavy atom. The number of aryl methyl sites for hydroxylation is 2. The predicted molar refractivity (Wildman–Crippen MR) is 99.6 cm³/mol. The van der Waals surface area contributed by atoms with Crippen molar-refractivity contribution in [2.45, 2.75) is 20.3 Å². The van der Waals surface area contributed by atoms with E-state index in [1.807, 2.05) is 26.3 Å². The number of hydrogen-bond acceptors (Lipinski definition) is 5. The first-order valence-corrected chi connectivity index (χ1v) is 8.84. The number of nitrogens with one attached hydrogen (secondary N) is 1. The van der Waals surface area contributed by atoms with Gasteiger partial charge in [-0.3, -0.25) is 9.48 Å². The maximum absolute atomic E-state index is 13.0. The summed E-state index contributed by atoms with van der Waals surface area (Å²) in [5.74, 6) is -0.543. The Balaban J connectivity index is 1.60. The van der Waals surface area contributed by atoms with Gasteiger partial charge in [-0.2, -0.15) is 10.2 Å². The number of amides is 1. The summed E-state index contributed by atoms with van der Waals surface area (Å²) in [6, 6.07) is 6.11. The van der Waals surface area contributed by atoms with Crippen LogP contribution >= 0.6 is 11.3 Å². The van der Waals surface area contributed by atoms with Crippen molar-refractivity contribution in [3.05, 3.63) is 58.1 Å². The molecule has 3 aromatic rings. The van der Waals surface area contributed by atoms with Crippen LogP contribution in [0.3, 0.4) is 0 Å². The van der Waals surface area contributed by atoms with Crippen molar-refractivity contribution >= 4 is 23.5 Å². The van der Waals surface area contributed by atoms with Gasteiger partial charge in [-0.05, 0) is 38.1 Å². The average Bonchev–Trinajstić information content (AvgIpc) is 3.15. The molecule has 0 bridgehead atoms. The summed E-state index contributed by atoms with van der Waals surface area (Å²) in [5.41, 5.74) is 6.70. The van der Waals surface area contributed by atoms with Crippen molar-refractivity contribution in [1.82, 2.24) is 20.2 Å². The normalized spacial score (nSPS) is 11.2. The number of carbonyl (C=O) groups excluding carboxylic acids is 1. The number of benzene rings is 1. The molecule has 1 amide bonds. The van der Waals surface area contributed by atoms with Crippen molar-refractivity contribution in [2.24, 2.45) is 12.1 Å². The number of nitrogens with zero attached hydrogens (tertiary/aromatic N) is 4. The van der Waals surface area contributed by atoms with Gasteiger partial charge in [-0.15, -0.1) is 11.3 Å². The van der Waals surface area contributed by atoms with Gasteiger partial charge < -0.3 is 0 Å². The van der Waals surface area contributed by atoms with Gasteiger partial charge in [0.1, 0.15) is 10.8 Å². The quantitative estimate of drug-likeness (QED) is 0.554. The summed E-state index contributed by atoms with van der Waals surface area (Å²) in [6.07, 6.45) is 1.72. The standard InChI is InChI=1S/C18H18FN5OS/c1-11-16(12(2)24(3)23-11)9-20-22-17(25)8-15-10-26-18(21-15)13-4-6-14(19)7-5-13/h4-7,9-10H,8H2,1-3H3,(H,22,25)/b20-9-. The van der Waals surface area contributed by atoms with Crippen LogP contribution < -0.4 is 5.43 Å². The molecule has 6 nitrogen and oxygen atoms in total. The molecular formula is C18H18FN5OS. The Morgan fingerprint density at radius 2 is 2.08 bits per heavy atom. The minimum Gasteiger partial charge on any atom is -0.273 e. The summed E-state index contributed by atoms with van der Waals surface area (Å²) in [7, 11) is 1.86. The zero-order chi connectivity index (χ0) is 18.7. The molecule has 134 valence electrons. The molecule has 0 saturated carbocycles. The minimum absolute atomic E-state index is 0.125. The molecule has 2 aromatic heterocycles. The fourth-order valence-corrected chi connectivity index (χ4v) is 3.29. The van der Waals surface area contributed by atoms with Crippen LogP contribution in [0.5, 0.6) is 0 Å². The Kier molecular flexibility index (Phi) is 5.22. The summed E-state index contributed by atoms with van der Waals surface area (Å²) < 4.78 is 14.8. The SMILES string of the molecule is Cc1nn(C)c(C)c1/C=N\NC(=O)Cc1csc(-c2ccc(F)cc2)n1. The van der Waals surface area contributed by atoms with Crippen molar-refractivity contribution in [3.8, 4) is 10.6 Å². The highest BCUT2D eigenvalue weighted by atomic mass is 32.1. The number of carbonyl (C=O) groups is 1. The number of aromatic nitrogens is 3. The molecule has 0 fully saturated rings. The molecule has 0 unspecified atom stereocenters. The molecule has 0 saturated heterocycles. The van der Waals surface area contributed by atoms with Gasteiger partial charge >= 0.3 is 0 Å². The van der Waals surface area contributed by atoms with E-state index in [9.17, 15) is 9.18 Å². The molecular weight excluding hydrogens is 353 g/mol. The van der Waals surface area contributed by atoms with E-state index in [1.54, 1.807) is 23.0 Å². The van der Waals surface area contributed by atoms with Crippen LogP contribution in [-0.2, 0) is 18.3 Å². The topological polar surface area (TPSA) is 72.2 Å². The molecule has 0 aliphatic heterocycles. The number of hydrogen-bond donors (Lipinski definition) is 1. The maximum Gasteiger partial charge on any atom is 0.246 e. The van der Waals surface area contributed by atoms with Gasteiger partial charge in [0.05, 0.1) is 24.0 Å². The largest absolute Gasteiger partial charge is 0.273 e. The monoisotopic (exact) mass is 371 g/mol. The van der Waals surface area contributed by atoms with Crippen LogP contribution in [-0.4, -0.2) is 26.9 Å². The maximum atomic E-state index is 13.0. The summed E-state index contributed by atoms with van der Waals surface area (Å²) in [6.45, 7) is 3.83. The van der Waals surface area contributed by atoms with Crippen LogP contribution in [0.1, 0.15) is 22.6 Å². The second-order valence-electron chi connectivity index (χ2n) is 5.83. The Bertz CT molecular complexity index is 959. The molecule has 0 atom stereocenters. The predicted octanol–water partition coefficient (Wildman–Crippen LogP) is 2.99. The van der Waals surface area contributed by atoms with Gasteiger partial charge in [-0.1, -0.05) is 0 Å². The molecule has 0 aliphatic carbocycles. The Morgan fingerprint density at radius 3 is 2.73 bits per heavy atom. The highest BCUT2D eigenvalue weighted by Crippen LogP contribution is 2.24. The lowest BCUT2D eigenvalue weighted by molar-refractivity contribution is -0.120. The lowest BCUT2D eigenvalue weighted by Crippen LogP contribution is -2.20. The highest BCUT2D eigenvalue weighted by Gasteiger charge is 2.10. The molecule has 0 spiro atoms. The zero-order valence-corrected chi connectivity index (χ0v) is 15.5. The van der Waals surface area contributed by atoms with E-state index in [2.05, 4.69) is 20.6 Å². The first kappa shape index (κ1) is 17.9. The number of thiazole rings is 1. The fourth-order valence-electron chi connectivity index (χ4n) is 2.46. The molecule has 1 aromatic carbocycles. The average molecular weight is 371 g/mol. The third-order valence-corrected chi connectivity index (χ3v) is 4.87. The molecule has 1 N–H and O–H groups in total. The lowest BCUT2D eigenvalue weighted by Gasteiger charge is -1.98. The molecule has 26 heavy (non-hydrogen) atoms. The lowest BCUT2D eigenvalue weighted by atomic mass is 10.2. The number of halogens is 1. The molecule has 0 aliphatic rings. The molecule has 0 radical (unpaired) electrons. The Hall–Kier alpha value is -2.87. The van der Waals surface area contributed by atoms with E-state index in [-0.39, 0.29) is 18.1 Å². The number of rotatable bonds is 5. The summed E-state index contributed by atoms with van der Waals surface area (Å²) in [4.78, 5) is 16.5. The van der Waals surface area contributed by atoms with E-state index in [0.29, 0.717) is 5.69 Å². The van der Waals surface area contributed by atoms with Crippen LogP contribution in [0.15, 0.2) is 34.7 Å². The van der Waals surface area contributed by atoms with Crippen LogP contribution in [0.25, 0.3) is 10.6 Å². The van der Waals surface area contributed by atoms with Gasteiger partial charge in [0, 0.05) is 29.2 Å². The van der Waals surface area contributed by atoms with Gasteiger partial charge in [0.25, 0.3) is 0 Å². The van der Waals surface area contributed by atoms with Crippen molar-refractivity contribution < 1.29 is 9.18 Å². The summed E-state index contributed by atoms with van der Waals surface area (Å²) in [5, 5.41) is 10.9. The van der Waals surface area contributed by atoms with Crippen LogP contribution in [0.2, 0.25) is 0 Å². The third-order valence-electron chi connectivity index (χ3n) is 3.93. The first-order chi connectivity index (χ1) is 12.4. The van der Waals surface area contributed by atoms with Crippen LogP contribution in [0.4, 0.5) is 4.39 Å². The second-order valence-corrected chi connectivity index (χ2v) is 6.69. The third kappa shape index (κ3) is 4.02. The van der Waals surface area contributed by atoms with E-state index in [1.165, 1.54) is 23.5 Å². The molecule has 3 rings (SSSR count). The highest BCUT2D eigenvalue weighted by molar-refractivity contribution is 7.13. The van der Waals surface area contributed by atoms with E-state index in [4.69, 9.17) is 0 Å². The Labute approximate surface area is 154 Å². The van der Waals surface area contributed by atoms with Crippen molar-refractivity contribution in [1.29, 1.82) is 0 Å². The van der Waals surface area contributed by atoms with Gasteiger partial charge in [0.15, 0.2) is 0 Å². The fraction of sp³-hybridized carbons (Fsp3) is 0.222. The van der Waals surface area contributed by atoms with Crippen molar-refractivity contribution in [3.63, 3.8) is 0 Å². The minimum atomic E-state index is -0.290. The molecule has 8 heteroatoms. The van der Waals surface area contributed by atoms with E-state index in [0.717, 1.165) is 27.5 Å². The zero-order valence-electron chi connectivity index (χ0n) is 14.7. The first-order valence-electron chi connectivity index (χ1n) is 7.96. The summed E-state index contributed by atoms with van der Waals surface area (Å²) >= 11 is 1.41. The van der Waals surface area contributed by atoms with Gasteiger partial charge in [-0.25, -0.2) is 14.8 Å². The second kappa shape index (κ2) is 7.57. The number of hydrazone groups is 1. The van der Waals surface area contributed by atoms with Crippen LogP contribution in [0, 0.1) is 19.7 Å². The van der Waals surface area contributed by atoms with E-state index >= 15 is 0 Å².